The van der Waals surface area contributed by atoms with Crippen LogP contribution in [0.2, 0.25) is 0 Å². The Kier molecular flexibility index (Phi) is 4.53. The predicted molar refractivity (Wildman–Crippen MR) is 109 cm³/mol. The number of aromatic nitrogens is 4. The Balaban J connectivity index is 1.63. The normalized spacial score (nSPS) is 17.6. The lowest BCUT2D eigenvalue weighted by Gasteiger charge is -2.40. The molecule has 1 aliphatic rings. The number of aryl methyl sites for hydroxylation is 4. The molecule has 1 atom stereocenters. The fraction of sp³-hybridized carbons (Fsp3) is 0.429. The molecule has 0 saturated carbocycles. The first-order valence-electron chi connectivity index (χ1n) is 9.64. The highest BCUT2D eigenvalue weighted by Gasteiger charge is 2.34. The molecule has 0 bridgehead atoms. The van der Waals surface area contributed by atoms with Crippen molar-refractivity contribution in [1.82, 2.24) is 24.6 Å². The van der Waals surface area contributed by atoms with Crippen LogP contribution in [-0.2, 0) is 18.4 Å². The summed E-state index contributed by atoms with van der Waals surface area (Å²) in [6.45, 7) is 9.91. The largest absolute Gasteiger partial charge is 0.342 e. The average Bonchev–Trinajstić information content (AvgIpc) is 2.94. The zero-order chi connectivity index (χ0) is 20.0. The monoisotopic (exact) mass is 378 g/mol. The van der Waals surface area contributed by atoms with E-state index in [1.807, 2.05) is 32.7 Å². The van der Waals surface area contributed by atoms with Crippen molar-refractivity contribution in [3.05, 3.63) is 46.9 Å². The lowest BCUT2D eigenvalue weighted by atomic mass is 10.1. The second-order valence-corrected chi connectivity index (χ2v) is 7.62. The van der Waals surface area contributed by atoms with Gasteiger partial charge in [0.25, 0.3) is 0 Å². The molecule has 1 aromatic carbocycles. The number of nitrogens with zero attached hydrogens (tertiary/aromatic N) is 6. The van der Waals surface area contributed by atoms with E-state index in [0.29, 0.717) is 18.9 Å². The van der Waals surface area contributed by atoms with E-state index in [-0.39, 0.29) is 11.9 Å². The van der Waals surface area contributed by atoms with Crippen LogP contribution in [0.3, 0.4) is 0 Å². The number of anilines is 1. The molecule has 1 saturated heterocycles. The molecule has 3 aromatic rings. The first-order chi connectivity index (χ1) is 13.3. The topological polar surface area (TPSA) is 67.2 Å². The molecule has 7 heteroatoms. The fourth-order valence-corrected chi connectivity index (χ4v) is 3.92. The minimum Gasteiger partial charge on any atom is -0.342 e. The maximum absolute atomic E-state index is 13.1. The van der Waals surface area contributed by atoms with E-state index in [2.05, 4.69) is 46.2 Å². The molecule has 1 aliphatic heterocycles. The standard InChI is InChI=1S/C21H26N6O/c1-13-6-8-17(9-7-13)12-26-10-11-27(15(3)21(26)28)20-18-14(2)24-25(5)19(18)22-16(4)23-20/h6-9,15H,10-12H2,1-5H3/t15-/m0/s1. The van der Waals surface area contributed by atoms with E-state index in [4.69, 9.17) is 4.98 Å². The maximum atomic E-state index is 13.1. The molecule has 3 heterocycles. The van der Waals surface area contributed by atoms with Crippen LogP contribution in [-0.4, -0.2) is 49.7 Å². The Hall–Kier alpha value is -2.96. The summed E-state index contributed by atoms with van der Waals surface area (Å²) in [6, 6.07) is 8.08. The van der Waals surface area contributed by atoms with E-state index in [0.717, 1.165) is 34.7 Å². The Morgan fingerprint density at radius 1 is 1.07 bits per heavy atom. The van der Waals surface area contributed by atoms with Gasteiger partial charge >= 0.3 is 0 Å². The van der Waals surface area contributed by atoms with Gasteiger partial charge < -0.3 is 9.80 Å². The Labute approximate surface area is 165 Å². The molecule has 0 N–H and O–H groups in total. The van der Waals surface area contributed by atoms with Crippen molar-refractivity contribution in [2.24, 2.45) is 7.05 Å². The number of hydrogen-bond donors (Lipinski definition) is 0. The van der Waals surface area contributed by atoms with Crippen LogP contribution in [0.25, 0.3) is 11.0 Å². The third-order valence-corrected chi connectivity index (χ3v) is 5.46. The second kappa shape index (κ2) is 6.89. The summed E-state index contributed by atoms with van der Waals surface area (Å²) in [5.74, 6) is 1.62. The first kappa shape index (κ1) is 18.4. The highest BCUT2D eigenvalue weighted by Crippen LogP contribution is 2.30. The third kappa shape index (κ3) is 3.10. The number of hydrogen-bond acceptors (Lipinski definition) is 5. The van der Waals surface area contributed by atoms with Crippen molar-refractivity contribution in [2.75, 3.05) is 18.0 Å². The lowest BCUT2D eigenvalue weighted by Crippen LogP contribution is -2.56. The van der Waals surface area contributed by atoms with Crippen molar-refractivity contribution in [2.45, 2.75) is 40.3 Å². The molecular weight excluding hydrogens is 352 g/mol. The maximum Gasteiger partial charge on any atom is 0.245 e. The van der Waals surface area contributed by atoms with Gasteiger partial charge in [0.05, 0.1) is 11.1 Å². The van der Waals surface area contributed by atoms with Crippen molar-refractivity contribution in [3.8, 4) is 0 Å². The molecule has 146 valence electrons. The van der Waals surface area contributed by atoms with Gasteiger partial charge in [-0.2, -0.15) is 5.10 Å². The number of fused-ring (bicyclic) bond motifs is 1. The highest BCUT2D eigenvalue weighted by molar-refractivity contribution is 5.94. The summed E-state index contributed by atoms with van der Waals surface area (Å²) in [6.07, 6.45) is 0. The van der Waals surface area contributed by atoms with Gasteiger partial charge in [-0.15, -0.1) is 0 Å². The van der Waals surface area contributed by atoms with Crippen LogP contribution in [0, 0.1) is 20.8 Å². The first-order valence-corrected chi connectivity index (χ1v) is 9.64. The van der Waals surface area contributed by atoms with E-state index in [1.54, 1.807) is 4.68 Å². The summed E-state index contributed by atoms with van der Waals surface area (Å²) in [4.78, 5) is 26.4. The summed E-state index contributed by atoms with van der Waals surface area (Å²) in [7, 11) is 1.89. The minimum atomic E-state index is -0.281. The van der Waals surface area contributed by atoms with Crippen molar-refractivity contribution < 1.29 is 4.79 Å². The summed E-state index contributed by atoms with van der Waals surface area (Å²) >= 11 is 0. The number of benzene rings is 1. The van der Waals surface area contributed by atoms with Crippen LogP contribution in [0.1, 0.15) is 29.6 Å². The quantitative estimate of drug-likeness (QED) is 0.701. The lowest BCUT2D eigenvalue weighted by molar-refractivity contribution is -0.134. The summed E-state index contributed by atoms with van der Waals surface area (Å²) < 4.78 is 1.78. The highest BCUT2D eigenvalue weighted by atomic mass is 16.2. The SMILES string of the molecule is Cc1ccc(CN2CCN(c3nc(C)nc4c3c(C)nn4C)[C@@H](C)C2=O)cc1. The van der Waals surface area contributed by atoms with E-state index in [1.165, 1.54) is 5.56 Å². The van der Waals surface area contributed by atoms with Crippen LogP contribution in [0.15, 0.2) is 24.3 Å². The zero-order valence-electron chi connectivity index (χ0n) is 17.1. The Morgan fingerprint density at radius 2 is 1.79 bits per heavy atom. The number of carbonyl (C=O) groups is 1. The van der Waals surface area contributed by atoms with Crippen molar-refractivity contribution >= 4 is 22.8 Å². The number of carbonyl (C=O) groups excluding carboxylic acids is 1. The smallest absolute Gasteiger partial charge is 0.245 e. The van der Waals surface area contributed by atoms with Crippen molar-refractivity contribution in [3.63, 3.8) is 0 Å². The van der Waals surface area contributed by atoms with Crippen LogP contribution >= 0.6 is 0 Å². The molecule has 0 unspecified atom stereocenters. The zero-order valence-corrected chi connectivity index (χ0v) is 17.1. The fourth-order valence-electron chi connectivity index (χ4n) is 3.92. The van der Waals surface area contributed by atoms with E-state index in [9.17, 15) is 4.79 Å². The molecule has 0 spiro atoms. The molecule has 2 aromatic heterocycles. The molecule has 4 rings (SSSR count). The molecule has 1 fully saturated rings. The Morgan fingerprint density at radius 3 is 2.50 bits per heavy atom. The van der Waals surface area contributed by atoms with E-state index >= 15 is 0 Å². The molecule has 28 heavy (non-hydrogen) atoms. The van der Waals surface area contributed by atoms with Crippen molar-refractivity contribution in [1.29, 1.82) is 0 Å². The predicted octanol–water partition coefficient (Wildman–Crippen LogP) is 2.53. The van der Waals surface area contributed by atoms with Gasteiger partial charge in [0.15, 0.2) is 5.65 Å². The number of piperazine rings is 1. The molecule has 0 radical (unpaired) electrons. The molecular formula is C21H26N6O. The number of rotatable bonds is 3. The molecule has 1 amide bonds. The van der Waals surface area contributed by atoms with Gasteiger partial charge in [-0.1, -0.05) is 29.8 Å². The van der Waals surface area contributed by atoms with Crippen LogP contribution in [0.5, 0.6) is 0 Å². The average molecular weight is 378 g/mol. The molecule has 0 aliphatic carbocycles. The van der Waals surface area contributed by atoms with Crippen LogP contribution < -0.4 is 4.90 Å². The van der Waals surface area contributed by atoms with E-state index < -0.39 is 0 Å². The van der Waals surface area contributed by atoms with Gasteiger partial charge in [-0.25, -0.2) is 9.97 Å². The van der Waals surface area contributed by atoms with Gasteiger partial charge in [0.2, 0.25) is 5.91 Å². The van der Waals surface area contributed by atoms with Gasteiger partial charge in [0.1, 0.15) is 17.7 Å². The number of amides is 1. The third-order valence-electron chi connectivity index (χ3n) is 5.46. The Bertz CT molecular complexity index is 1040. The second-order valence-electron chi connectivity index (χ2n) is 7.62. The minimum absolute atomic E-state index is 0.123. The van der Waals surface area contributed by atoms with Gasteiger partial charge in [-0.3, -0.25) is 9.48 Å². The van der Waals surface area contributed by atoms with Gasteiger partial charge in [0, 0.05) is 26.7 Å². The summed E-state index contributed by atoms with van der Waals surface area (Å²) in [5.41, 5.74) is 4.07. The summed E-state index contributed by atoms with van der Waals surface area (Å²) in [5, 5.41) is 5.43. The van der Waals surface area contributed by atoms with Crippen LogP contribution in [0.4, 0.5) is 5.82 Å². The van der Waals surface area contributed by atoms with Gasteiger partial charge in [-0.05, 0) is 33.3 Å². The molecule has 7 nitrogen and oxygen atoms in total.